The van der Waals surface area contributed by atoms with E-state index in [4.69, 9.17) is 11.6 Å². The summed E-state index contributed by atoms with van der Waals surface area (Å²) in [6, 6.07) is 12.9. The third-order valence-electron chi connectivity index (χ3n) is 2.81. The number of benzene rings is 2. The summed E-state index contributed by atoms with van der Waals surface area (Å²) in [6.07, 6.45) is 0. The quantitative estimate of drug-likeness (QED) is 0.560. The molecule has 0 aromatic heterocycles. The molecule has 0 aliphatic carbocycles. The van der Waals surface area contributed by atoms with Crippen molar-refractivity contribution in [3.8, 4) is 6.07 Å². The SMILES string of the molecule is N#CC(C(=O)c1ccc(I)cc1)c1cccc(Cl)c1F. The Bertz CT molecular complexity index is 694. The summed E-state index contributed by atoms with van der Waals surface area (Å²) in [6.45, 7) is 0. The van der Waals surface area contributed by atoms with E-state index >= 15 is 0 Å². The molecule has 0 N–H and O–H groups in total. The van der Waals surface area contributed by atoms with Crippen LogP contribution < -0.4 is 0 Å². The lowest BCUT2D eigenvalue weighted by atomic mass is 9.91. The zero-order valence-electron chi connectivity index (χ0n) is 10.1. The Kier molecular flexibility index (Phi) is 4.73. The van der Waals surface area contributed by atoms with Gasteiger partial charge < -0.3 is 0 Å². The lowest BCUT2D eigenvalue weighted by Gasteiger charge is -2.10. The van der Waals surface area contributed by atoms with Gasteiger partial charge in [-0.15, -0.1) is 0 Å². The zero-order chi connectivity index (χ0) is 14.7. The summed E-state index contributed by atoms with van der Waals surface area (Å²) < 4.78 is 14.9. The van der Waals surface area contributed by atoms with Crippen molar-refractivity contribution in [1.29, 1.82) is 5.26 Å². The Labute approximate surface area is 134 Å². The summed E-state index contributed by atoms with van der Waals surface area (Å²) >= 11 is 7.80. The van der Waals surface area contributed by atoms with Crippen molar-refractivity contribution in [2.75, 3.05) is 0 Å². The Morgan fingerprint density at radius 1 is 1.25 bits per heavy atom. The summed E-state index contributed by atoms with van der Waals surface area (Å²) in [5.41, 5.74) is 0.375. The van der Waals surface area contributed by atoms with E-state index in [-0.39, 0.29) is 10.6 Å². The first-order valence-corrected chi connectivity index (χ1v) is 7.13. The van der Waals surface area contributed by atoms with Crippen LogP contribution in [0.5, 0.6) is 0 Å². The lowest BCUT2D eigenvalue weighted by molar-refractivity contribution is 0.0977. The van der Waals surface area contributed by atoms with Gasteiger partial charge in [0.1, 0.15) is 11.7 Å². The molecule has 2 aromatic carbocycles. The van der Waals surface area contributed by atoms with Crippen LogP contribution >= 0.6 is 34.2 Å². The average molecular weight is 400 g/mol. The van der Waals surface area contributed by atoms with E-state index < -0.39 is 17.5 Å². The van der Waals surface area contributed by atoms with Crippen molar-refractivity contribution < 1.29 is 9.18 Å². The first-order chi connectivity index (χ1) is 9.54. The lowest BCUT2D eigenvalue weighted by Crippen LogP contribution is -2.13. The maximum atomic E-state index is 13.9. The third-order valence-corrected chi connectivity index (χ3v) is 3.82. The minimum absolute atomic E-state index is 0.00329. The maximum absolute atomic E-state index is 13.9. The van der Waals surface area contributed by atoms with Gasteiger partial charge in [-0.3, -0.25) is 4.79 Å². The number of ketones is 1. The number of Topliss-reactive ketones (excluding diaryl/α,β-unsaturated/α-hetero) is 1. The van der Waals surface area contributed by atoms with Crippen LogP contribution in [0.25, 0.3) is 0 Å². The molecule has 0 bridgehead atoms. The second-order valence-electron chi connectivity index (χ2n) is 4.08. The van der Waals surface area contributed by atoms with Gasteiger partial charge in [0, 0.05) is 14.7 Å². The van der Waals surface area contributed by atoms with Gasteiger partial charge in [0.15, 0.2) is 5.78 Å². The Morgan fingerprint density at radius 3 is 2.50 bits per heavy atom. The van der Waals surface area contributed by atoms with Gasteiger partial charge >= 0.3 is 0 Å². The number of hydrogen-bond donors (Lipinski definition) is 0. The van der Waals surface area contributed by atoms with Crippen LogP contribution in [0.4, 0.5) is 4.39 Å². The van der Waals surface area contributed by atoms with Crippen molar-refractivity contribution in [3.63, 3.8) is 0 Å². The molecule has 0 aliphatic heterocycles. The molecule has 2 aromatic rings. The van der Waals surface area contributed by atoms with E-state index in [1.54, 1.807) is 24.3 Å². The van der Waals surface area contributed by atoms with Gasteiger partial charge in [-0.25, -0.2) is 4.39 Å². The third kappa shape index (κ3) is 3.00. The fourth-order valence-corrected chi connectivity index (χ4v) is 2.34. The number of nitriles is 1. The number of rotatable bonds is 3. The molecule has 1 atom stereocenters. The highest BCUT2D eigenvalue weighted by Crippen LogP contribution is 2.27. The van der Waals surface area contributed by atoms with Crippen LogP contribution in [0.15, 0.2) is 42.5 Å². The molecular weight excluding hydrogens is 392 g/mol. The van der Waals surface area contributed by atoms with Crippen LogP contribution in [-0.4, -0.2) is 5.78 Å². The van der Waals surface area contributed by atoms with Gasteiger partial charge in [0.2, 0.25) is 0 Å². The van der Waals surface area contributed by atoms with E-state index in [0.29, 0.717) is 5.56 Å². The zero-order valence-corrected chi connectivity index (χ0v) is 13.0. The number of halogens is 3. The first-order valence-electron chi connectivity index (χ1n) is 5.68. The highest BCUT2D eigenvalue weighted by atomic mass is 127. The fourth-order valence-electron chi connectivity index (χ4n) is 1.79. The summed E-state index contributed by atoms with van der Waals surface area (Å²) in [7, 11) is 0. The van der Waals surface area contributed by atoms with Gasteiger partial charge in [0.25, 0.3) is 0 Å². The Balaban J connectivity index is 2.43. The van der Waals surface area contributed by atoms with E-state index in [2.05, 4.69) is 22.6 Å². The standard InChI is InChI=1S/C15H8ClFINO/c16-13-3-1-2-11(14(13)17)12(8-19)15(20)9-4-6-10(18)7-5-9/h1-7,12H. The molecule has 2 rings (SSSR count). The minimum Gasteiger partial charge on any atom is -0.292 e. The molecule has 0 saturated carbocycles. The van der Waals surface area contributed by atoms with Crippen molar-refractivity contribution >= 4 is 40.0 Å². The highest BCUT2D eigenvalue weighted by Gasteiger charge is 2.25. The molecule has 20 heavy (non-hydrogen) atoms. The van der Waals surface area contributed by atoms with Crippen molar-refractivity contribution in [1.82, 2.24) is 0 Å². The van der Waals surface area contributed by atoms with Crippen molar-refractivity contribution in [3.05, 3.63) is 68.0 Å². The molecule has 100 valence electrons. The van der Waals surface area contributed by atoms with Crippen molar-refractivity contribution in [2.45, 2.75) is 5.92 Å². The van der Waals surface area contributed by atoms with E-state index in [9.17, 15) is 14.4 Å². The molecule has 0 aliphatic rings. The largest absolute Gasteiger partial charge is 0.292 e. The fraction of sp³-hybridized carbons (Fsp3) is 0.0667. The van der Waals surface area contributed by atoms with E-state index in [0.717, 1.165) is 3.57 Å². The van der Waals surface area contributed by atoms with Crippen LogP contribution in [0.3, 0.4) is 0 Å². The monoisotopic (exact) mass is 399 g/mol. The summed E-state index contributed by atoms with van der Waals surface area (Å²) in [4.78, 5) is 12.3. The van der Waals surface area contributed by atoms with Gasteiger partial charge in [0.05, 0.1) is 11.1 Å². The van der Waals surface area contributed by atoms with Crippen LogP contribution in [0.2, 0.25) is 5.02 Å². The molecule has 0 spiro atoms. The minimum atomic E-state index is -1.20. The average Bonchev–Trinajstić information content (AvgIpc) is 2.45. The number of carbonyl (C=O) groups excluding carboxylic acids is 1. The molecule has 0 amide bonds. The number of carbonyl (C=O) groups is 1. The predicted molar refractivity (Wildman–Crippen MR) is 83.3 cm³/mol. The second kappa shape index (κ2) is 6.33. The molecule has 0 saturated heterocycles. The van der Waals surface area contributed by atoms with Crippen LogP contribution in [0.1, 0.15) is 21.8 Å². The van der Waals surface area contributed by atoms with E-state index in [1.165, 1.54) is 18.2 Å². The summed E-state index contributed by atoms with van der Waals surface area (Å²) in [5.74, 6) is -2.36. The van der Waals surface area contributed by atoms with Gasteiger partial charge in [-0.2, -0.15) is 5.26 Å². The highest BCUT2D eigenvalue weighted by molar-refractivity contribution is 14.1. The first kappa shape index (κ1) is 14.9. The molecule has 0 radical (unpaired) electrons. The smallest absolute Gasteiger partial charge is 0.184 e. The summed E-state index contributed by atoms with van der Waals surface area (Å²) in [5, 5.41) is 9.10. The molecule has 0 heterocycles. The second-order valence-corrected chi connectivity index (χ2v) is 5.73. The number of hydrogen-bond acceptors (Lipinski definition) is 2. The van der Waals surface area contributed by atoms with Crippen LogP contribution in [0, 0.1) is 20.7 Å². The Morgan fingerprint density at radius 2 is 1.90 bits per heavy atom. The molecule has 5 heteroatoms. The predicted octanol–water partition coefficient (Wildman–Crippen LogP) is 4.57. The molecule has 2 nitrogen and oxygen atoms in total. The molecule has 0 fully saturated rings. The topological polar surface area (TPSA) is 40.9 Å². The Hall–Kier alpha value is -1.45. The van der Waals surface area contributed by atoms with Crippen molar-refractivity contribution in [2.24, 2.45) is 0 Å². The number of nitrogens with zero attached hydrogens (tertiary/aromatic N) is 1. The van der Waals surface area contributed by atoms with E-state index in [1.807, 2.05) is 6.07 Å². The van der Waals surface area contributed by atoms with Gasteiger partial charge in [-0.05, 0) is 40.8 Å². The normalized spacial score (nSPS) is 11.7. The van der Waals surface area contributed by atoms with Crippen LogP contribution in [-0.2, 0) is 0 Å². The molecule has 1 unspecified atom stereocenters. The maximum Gasteiger partial charge on any atom is 0.184 e. The van der Waals surface area contributed by atoms with Gasteiger partial charge in [-0.1, -0.05) is 35.9 Å². The molecular formula is C15H8ClFINO.